The zero-order chi connectivity index (χ0) is 24.5. The van der Waals surface area contributed by atoms with Gasteiger partial charge in [0.2, 0.25) is 0 Å². The molecule has 7 heteroatoms. The molecule has 3 aromatic rings. The second kappa shape index (κ2) is 12.2. The summed E-state index contributed by atoms with van der Waals surface area (Å²) in [7, 11) is 0. The first-order valence-electron chi connectivity index (χ1n) is 12.2. The first kappa shape index (κ1) is 25.3. The Morgan fingerprint density at radius 1 is 0.941 bits per heavy atom. The van der Waals surface area contributed by atoms with E-state index in [1.165, 1.54) is 4.68 Å². The molecule has 0 saturated carbocycles. The van der Waals surface area contributed by atoms with Gasteiger partial charge in [0.1, 0.15) is 0 Å². The summed E-state index contributed by atoms with van der Waals surface area (Å²) in [6.07, 6.45) is 2.46. The highest BCUT2D eigenvalue weighted by Crippen LogP contribution is 2.29. The van der Waals surface area contributed by atoms with Gasteiger partial charge in [-0.2, -0.15) is 5.10 Å². The van der Waals surface area contributed by atoms with Crippen LogP contribution in [0.1, 0.15) is 63.0 Å². The molecule has 0 aliphatic rings. The molecule has 1 aromatic heterocycles. The van der Waals surface area contributed by atoms with Gasteiger partial charge in [0, 0.05) is 25.0 Å². The summed E-state index contributed by atoms with van der Waals surface area (Å²) >= 11 is 0. The maximum Gasteiger partial charge on any atom is 0.275 e. The Hall–Kier alpha value is -3.35. The van der Waals surface area contributed by atoms with E-state index in [4.69, 9.17) is 9.47 Å². The van der Waals surface area contributed by atoms with E-state index in [0.717, 1.165) is 24.8 Å². The molecule has 0 radical (unpaired) electrons. The van der Waals surface area contributed by atoms with Crippen molar-refractivity contribution in [1.82, 2.24) is 14.7 Å². The number of aromatic nitrogens is 2. The molecule has 7 nitrogen and oxygen atoms in total. The fraction of sp³-hybridized carbons (Fsp3) is 0.444. The summed E-state index contributed by atoms with van der Waals surface area (Å²) in [4.78, 5) is 28.4. The van der Waals surface area contributed by atoms with Gasteiger partial charge in [0.15, 0.2) is 17.2 Å². The molecular formula is C27H35N3O4. The fourth-order valence-corrected chi connectivity index (χ4v) is 3.90. The first-order valence-corrected chi connectivity index (χ1v) is 12.2. The summed E-state index contributed by atoms with van der Waals surface area (Å²) in [5.41, 5.74) is 1.09. The Morgan fingerprint density at radius 3 is 2.38 bits per heavy atom. The number of rotatable bonds is 12. The second-order valence-corrected chi connectivity index (χ2v) is 8.21. The van der Waals surface area contributed by atoms with Gasteiger partial charge in [-0.15, -0.1) is 0 Å². The van der Waals surface area contributed by atoms with Crippen LogP contribution in [0, 0.1) is 0 Å². The standard InChI is InChI=1S/C27H35N3O4/c1-5-15-29(19-20-13-14-23(34-17-7-3)24(18-20)33-8-4)27(32)25-21-11-9-10-12-22(21)26(31)30(28-25)16-6-2/h9-14,18H,5-8,15-17,19H2,1-4H3. The number of amides is 1. The van der Waals surface area contributed by atoms with E-state index >= 15 is 0 Å². The third kappa shape index (κ3) is 5.76. The lowest BCUT2D eigenvalue weighted by molar-refractivity contribution is 0.0736. The number of hydrogen-bond acceptors (Lipinski definition) is 5. The van der Waals surface area contributed by atoms with Crippen molar-refractivity contribution in [1.29, 1.82) is 0 Å². The Kier molecular flexibility index (Phi) is 9.08. The van der Waals surface area contributed by atoms with Crippen LogP contribution in [-0.2, 0) is 13.1 Å². The van der Waals surface area contributed by atoms with E-state index in [-0.39, 0.29) is 11.5 Å². The molecule has 34 heavy (non-hydrogen) atoms. The van der Waals surface area contributed by atoms with E-state index < -0.39 is 0 Å². The zero-order valence-electron chi connectivity index (χ0n) is 20.7. The van der Waals surface area contributed by atoms with Crippen LogP contribution < -0.4 is 15.0 Å². The molecule has 3 rings (SSSR count). The van der Waals surface area contributed by atoms with Crippen LogP contribution >= 0.6 is 0 Å². The average molecular weight is 466 g/mol. The Morgan fingerprint density at radius 2 is 1.71 bits per heavy atom. The third-order valence-corrected chi connectivity index (χ3v) is 5.43. The molecule has 2 aromatic carbocycles. The maximum atomic E-state index is 13.7. The minimum atomic E-state index is -0.188. The van der Waals surface area contributed by atoms with Crippen LogP contribution in [0.3, 0.4) is 0 Å². The van der Waals surface area contributed by atoms with Crippen LogP contribution in [0.2, 0.25) is 0 Å². The van der Waals surface area contributed by atoms with E-state index in [0.29, 0.717) is 60.8 Å². The highest BCUT2D eigenvalue weighted by atomic mass is 16.5. The number of hydrogen-bond donors (Lipinski definition) is 0. The monoisotopic (exact) mass is 465 g/mol. The van der Waals surface area contributed by atoms with E-state index in [9.17, 15) is 9.59 Å². The Bertz CT molecular complexity index is 1170. The lowest BCUT2D eigenvalue weighted by Gasteiger charge is -2.23. The van der Waals surface area contributed by atoms with E-state index in [2.05, 4.69) is 12.0 Å². The van der Waals surface area contributed by atoms with Crippen molar-refractivity contribution in [3.63, 3.8) is 0 Å². The molecule has 0 N–H and O–H groups in total. The van der Waals surface area contributed by atoms with E-state index in [1.807, 2.05) is 51.1 Å². The highest BCUT2D eigenvalue weighted by Gasteiger charge is 2.22. The number of aryl methyl sites for hydroxylation is 1. The van der Waals surface area contributed by atoms with Gasteiger partial charge in [0.05, 0.1) is 18.6 Å². The molecule has 0 atom stereocenters. The fourth-order valence-electron chi connectivity index (χ4n) is 3.90. The minimum Gasteiger partial charge on any atom is -0.490 e. The summed E-state index contributed by atoms with van der Waals surface area (Å²) in [5.74, 6) is 1.20. The van der Waals surface area contributed by atoms with Gasteiger partial charge in [-0.1, -0.05) is 45.0 Å². The lowest BCUT2D eigenvalue weighted by Crippen LogP contribution is -2.34. The molecular weight excluding hydrogens is 430 g/mol. The number of ether oxygens (including phenoxy) is 2. The van der Waals surface area contributed by atoms with Gasteiger partial charge in [-0.25, -0.2) is 4.68 Å². The predicted octanol–water partition coefficient (Wildman–Crippen LogP) is 5.05. The predicted molar refractivity (Wildman–Crippen MR) is 135 cm³/mol. The molecule has 0 aliphatic heterocycles. The van der Waals surface area contributed by atoms with Crippen molar-refractivity contribution in [3.05, 3.63) is 64.1 Å². The molecule has 1 heterocycles. The molecule has 0 fully saturated rings. The topological polar surface area (TPSA) is 73.7 Å². The minimum absolute atomic E-state index is 0.167. The molecule has 182 valence electrons. The van der Waals surface area contributed by atoms with Crippen molar-refractivity contribution >= 4 is 16.7 Å². The number of benzene rings is 2. The molecule has 0 bridgehead atoms. The van der Waals surface area contributed by atoms with Crippen molar-refractivity contribution in [2.45, 2.75) is 60.0 Å². The molecule has 1 amide bonds. The van der Waals surface area contributed by atoms with Gasteiger partial charge in [-0.3, -0.25) is 9.59 Å². The van der Waals surface area contributed by atoms with Crippen molar-refractivity contribution < 1.29 is 14.3 Å². The van der Waals surface area contributed by atoms with Gasteiger partial charge >= 0.3 is 0 Å². The second-order valence-electron chi connectivity index (χ2n) is 8.21. The van der Waals surface area contributed by atoms with E-state index in [1.54, 1.807) is 17.0 Å². The number of nitrogens with zero attached hydrogens (tertiary/aromatic N) is 3. The Balaban J connectivity index is 1.98. The van der Waals surface area contributed by atoms with Crippen LogP contribution in [0.25, 0.3) is 10.8 Å². The first-order chi connectivity index (χ1) is 16.5. The number of fused-ring (bicyclic) bond motifs is 1. The zero-order valence-corrected chi connectivity index (χ0v) is 20.7. The van der Waals surface area contributed by atoms with Crippen LogP contribution in [0.15, 0.2) is 47.3 Å². The summed E-state index contributed by atoms with van der Waals surface area (Å²) in [6, 6.07) is 13.0. The highest BCUT2D eigenvalue weighted by molar-refractivity contribution is 6.04. The molecule has 0 spiro atoms. The van der Waals surface area contributed by atoms with Gasteiger partial charge < -0.3 is 14.4 Å². The molecule has 0 aliphatic carbocycles. The van der Waals surface area contributed by atoms with Crippen molar-refractivity contribution in [2.75, 3.05) is 19.8 Å². The molecule has 0 unspecified atom stereocenters. The van der Waals surface area contributed by atoms with Crippen LogP contribution in [-0.4, -0.2) is 40.3 Å². The number of carbonyl (C=O) groups excluding carboxylic acids is 1. The lowest BCUT2D eigenvalue weighted by atomic mass is 10.1. The average Bonchev–Trinajstić information content (AvgIpc) is 2.85. The summed E-state index contributed by atoms with van der Waals surface area (Å²) in [5, 5.41) is 5.60. The Labute approximate surface area is 201 Å². The SMILES string of the molecule is CCCOc1ccc(CN(CCC)C(=O)c2nn(CCC)c(=O)c3ccccc23)cc1OCC. The summed E-state index contributed by atoms with van der Waals surface area (Å²) in [6.45, 7) is 10.6. The largest absolute Gasteiger partial charge is 0.490 e. The smallest absolute Gasteiger partial charge is 0.275 e. The van der Waals surface area contributed by atoms with Crippen molar-refractivity contribution in [2.24, 2.45) is 0 Å². The normalized spacial score (nSPS) is 10.9. The third-order valence-electron chi connectivity index (χ3n) is 5.43. The quantitative estimate of drug-likeness (QED) is 0.374. The van der Waals surface area contributed by atoms with Crippen molar-refractivity contribution in [3.8, 4) is 11.5 Å². The molecule has 0 saturated heterocycles. The van der Waals surface area contributed by atoms with Gasteiger partial charge in [0.25, 0.3) is 11.5 Å². The summed E-state index contributed by atoms with van der Waals surface area (Å²) < 4.78 is 13.0. The van der Waals surface area contributed by atoms with Crippen LogP contribution in [0.5, 0.6) is 11.5 Å². The maximum absolute atomic E-state index is 13.7. The number of carbonyl (C=O) groups is 1. The van der Waals surface area contributed by atoms with Gasteiger partial charge in [-0.05, 0) is 49.9 Å². The van der Waals surface area contributed by atoms with Crippen LogP contribution in [0.4, 0.5) is 0 Å².